The number of aromatic nitrogens is 4. The molecule has 0 unspecified atom stereocenters. The largest absolute Gasteiger partial charge is 0.321 e. The van der Waals surface area contributed by atoms with Crippen molar-refractivity contribution >= 4 is 34.8 Å². The maximum atomic E-state index is 12.1. The van der Waals surface area contributed by atoms with Gasteiger partial charge in [0.2, 0.25) is 0 Å². The molecule has 1 N–H and O–H groups in total. The van der Waals surface area contributed by atoms with Gasteiger partial charge in [0.25, 0.3) is 5.91 Å². The quantitative estimate of drug-likeness (QED) is 0.719. The summed E-state index contributed by atoms with van der Waals surface area (Å²) in [6.07, 6.45) is 2.97. The van der Waals surface area contributed by atoms with Gasteiger partial charge in [-0.1, -0.05) is 23.2 Å². The van der Waals surface area contributed by atoms with Crippen LogP contribution in [0.25, 0.3) is 5.82 Å². The third-order valence-electron chi connectivity index (χ3n) is 3.42. The van der Waals surface area contributed by atoms with Gasteiger partial charge in [-0.15, -0.1) is 0 Å². The number of nitrogens with zero attached hydrogens (tertiary/aromatic N) is 4. The van der Waals surface area contributed by atoms with Gasteiger partial charge in [-0.3, -0.25) is 4.79 Å². The lowest BCUT2D eigenvalue weighted by molar-refractivity contribution is 0.102. The molecule has 3 heterocycles. The first-order chi connectivity index (χ1) is 11.5. The molecule has 0 spiro atoms. The van der Waals surface area contributed by atoms with Gasteiger partial charge in [0, 0.05) is 6.20 Å². The molecule has 0 aliphatic carbocycles. The Hall–Kier alpha value is -2.44. The molecule has 0 saturated carbocycles. The minimum absolute atomic E-state index is 0.289. The Morgan fingerprint density at radius 3 is 2.42 bits per heavy atom. The van der Waals surface area contributed by atoms with E-state index in [2.05, 4.69) is 20.4 Å². The van der Waals surface area contributed by atoms with Crippen molar-refractivity contribution in [3.05, 3.63) is 63.8 Å². The van der Waals surface area contributed by atoms with Gasteiger partial charge in [0.05, 0.1) is 33.9 Å². The Kier molecular flexibility index (Phi) is 4.51. The monoisotopic (exact) mass is 361 g/mol. The summed E-state index contributed by atoms with van der Waals surface area (Å²) in [6, 6.07) is 6.66. The fourth-order valence-corrected chi connectivity index (χ4v) is 2.38. The number of amides is 1. The number of hydrogen-bond acceptors (Lipinski definition) is 4. The molecule has 1 amide bonds. The lowest BCUT2D eigenvalue weighted by atomic mass is 10.2. The summed E-state index contributed by atoms with van der Waals surface area (Å²) in [7, 11) is 0. The Morgan fingerprint density at radius 1 is 1.08 bits per heavy atom. The smallest absolute Gasteiger partial charge is 0.257 e. The average Bonchev–Trinajstić information content (AvgIpc) is 2.84. The molecule has 3 rings (SSSR count). The predicted octanol–water partition coefficient (Wildman–Crippen LogP) is 3.84. The molecule has 0 aliphatic rings. The second-order valence-corrected chi connectivity index (χ2v) is 5.89. The molecule has 0 aliphatic heterocycles. The van der Waals surface area contributed by atoms with E-state index in [0.29, 0.717) is 27.2 Å². The second kappa shape index (κ2) is 6.59. The van der Waals surface area contributed by atoms with Gasteiger partial charge in [0.1, 0.15) is 5.15 Å². The minimum atomic E-state index is -0.289. The Labute approximate surface area is 148 Å². The molecule has 0 saturated heterocycles. The van der Waals surface area contributed by atoms with Crippen LogP contribution in [-0.2, 0) is 0 Å². The molecular formula is C16H13Cl2N5O. The maximum Gasteiger partial charge on any atom is 0.257 e. The normalized spacial score (nSPS) is 10.7. The highest BCUT2D eigenvalue weighted by atomic mass is 35.5. The van der Waals surface area contributed by atoms with Gasteiger partial charge in [0.15, 0.2) is 5.82 Å². The summed E-state index contributed by atoms with van der Waals surface area (Å²) >= 11 is 11.9. The van der Waals surface area contributed by atoms with E-state index in [1.165, 1.54) is 6.20 Å². The van der Waals surface area contributed by atoms with Crippen LogP contribution in [0.3, 0.4) is 0 Å². The van der Waals surface area contributed by atoms with E-state index in [1.807, 2.05) is 13.8 Å². The predicted molar refractivity (Wildman–Crippen MR) is 93.0 cm³/mol. The van der Waals surface area contributed by atoms with Crippen LogP contribution in [-0.4, -0.2) is 25.7 Å². The molecule has 0 atom stereocenters. The molecule has 24 heavy (non-hydrogen) atoms. The van der Waals surface area contributed by atoms with Crippen LogP contribution in [0.15, 0.2) is 36.7 Å². The van der Waals surface area contributed by atoms with Crippen molar-refractivity contribution in [3.8, 4) is 5.82 Å². The summed E-state index contributed by atoms with van der Waals surface area (Å²) in [4.78, 5) is 20.3. The summed E-state index contributed by atoms with van der Waals surface area (Å²) in [5.41, 5.74) is 2.52. The first kappa shape index (κ1) is 16.4. The van der Waals surface area contributed by atoms with Gasteiger partial charge >= 0.3 is 0 Å². The fraction of sp³-hybridized carbons (Fsp3) is 0.125. The van der Waals surface area contributed by atoms with Crippen LogP contribution in [0, 0.1) is 13.8 Å². The first-order valence-electron chi connectivity index (χ1n) is 7.07. The van der Waals surface area contributed by atoms with Crippen molar-refractivity contribution in [2.24, 2.45) is 0 Å². The lowest BCUT2D eigenvalue weighted by Crippen LogP contribution is -2.12. The van der Waals surface area contributed by atoms with Gasteiger partial charge in [-0.05, 0) is 38.1 Å². The van der Waals surface area contributed by atoms with Gasteiger partial charge < -0.3 is 5.32 Å². The summed E-state index contributed by atoms with van der Waals surface area (Å²) in [5.74, 6) is 0.330. The van der Waals surface area contributed by atoms with Gasteiger partial charge in [-0.2, -0.15) is 5.10 Å². The zero-order valence-electron chi connectivity index (χ0n) is 12.9. The summed E-state index contributed by atoms with van der Waals surface area (Å²) < 4.78 is 1.66. The molecular weight excluding hydrogens is 349 g/mol. The Morgan fingerprint density at radius 2 is 1.88 bits per heavy atom. The topological polar surface area (TPSA) is 72.7 Å². The molecule has 0 aromatic carbocycles. The number of rotatable bonds is 3. The molecule has 122 valence electrons. The number of nitrogens with one attached hydrogen (secondary N) is 1. The Balaban J connectivity index is 1.78. The number of pyridine rings is 2. The van der Waals surface area contributed by atoms with E-state index < -0.39 is 0 Å². The van der Waals surface area contributed by atoms with E-state index in [1.54, 1.807) is 35.1 Å². The third kappa shape index (κ3) is 3.25. The number of carbonyl (C=O) groups is 1. The molecule has 3 aromatic rings. The third-order valence-corrected chi connectivity index (χ3v) is 4.19. The van der Waals surface area contributed by atoms with Crippen LogP contribution in [0.2, 0.25) is 10.2 Å². The molecule has 8 heteroatoms. The lowest BCUT2D eigenvalue weighted by Gasteiger charge is -2.07. The van der Waals surface area contributed by atoms with Crippen molar-refractivity contribution in [1.82, 2.24) is 19.7 Å². The van der Waals surface area contributed by atoms with Crippen molar-refractivity contribution in [2.75, 3.05) is 5.32 Å². The van der Waals surface area contributed by atoms with E-state index >= 15 is 0 Å². The van der Waals surface area contributed by atoms with Gasteiger partial charge in [-0.25, -0.2) is 14.6 Å². The highest BCUT2D eigenvalue weighted by Gasteiger charge is 2.12. The first-order valence-corrected chi connectivity index (χ1v) is 7.82. The molecule has 3 aromatic heterocycles. The minimum Gasteiger partial charge on any atom is -0.321 e. The zero-order valence-corrected chi connectivity index (χ0v) is 14.4. The van der Waals surface area contributed by atoms with E-state index in [-0.39, 0.29) is 5.91 Å². The number of carbonyl (C=O) groups excluding carboxylic acids is 1. The second-order valence-electron chi connectivity index (χ2n) is 5.13. The van der Waals surface area contributed by atoms with Crippen molar-refractivity contribution in [2.45, 2.75) is 13.8 Å². The SMILES string of the molecule is Cc1nn(-c2ccc(NC(=O)c3ccc(Cl)nc3)cn2)c(C)c1Cl. The van der Waals surface area contributed by atoms with E-state index in [9.17, 15) is 4.79 Å². The van der Waals surface area contributed by atoms with Crippen molar-refractivity contribution < 1.29 is 4.79 Å². The maximum absolute atomic E-state index is 12.1. The zero-order chi connectivity index (χ0) is 17.3. The molecule has 6 nitrogen and oxygen atoms in total. The van der Waals surface area contributed by atoms with Crippen LogP contribution < -0.4 is 5.32 Å². The van der Waals surface area contributed by atoms with E-state index in [4.69, 9.17) is 23.2 Å². The molecule has 0 fully saturated rings. The van der Waals surface area contributed by atoms with Crippen LogP contribution in [0.4, 0.5) is 5.69 Å². The summed E-state index contributed by atoms with van der Waals surface area (Å²) in [5, 5.41) is 8.04. The summed E-state index contributed by atoms with van der Waals surface area (Å²) in [6.45, 7) is 3.70. The number of halogens is 2. The van der Waals surface area contributed by atoms with Crippen molar-refractivity contribution in [3.63, 3.8) is 0 Å². The molecule has 0 radical (unpaired) electrons. The average molecular weight is 362 g/mol. The number of hydrogen-bond donors (Lipinski definition) is 1. The van der Waals surface area contributed by atoms with Crippen LogP contribution in [0.5, 0.6) is 0 Å². The highest BCUT2D eigenvalue weighted by molar-refractivity contribution is 6.31. The van der Waals surface area contributed by atoms with Crippen LogP contribution in [0.1, 0.15) is 21.7 Å². The Bertz CT molecular complexity index is 888. The number of aryl methyl sites for hydroxylation is 1. The molecule has 0 bridgehead atoms. The standard InChI is InChI=1S/C16H13Cl2N5O/c1-9-15(18)10(2)23(22-9)14-6-4-12(8-20-14)21-16(24)11-3-5-13(17)19-7-11/h3-8H,1-2H3,(H,21,24). The van der Waals surface area contributed by atoms with Crippen molar-refractivity contribution in [1.29, 1.82) is 0 Å². The highest BCUT2D eigenvalue weighted by Crippen LogP contribution is 2.22. The van der Waals surface area contributed by atoms with E-state index in [0.717, 1.165) is 11.4 Å². The van der Waals surface area contributed by atoms with Crippen LogP contribution >= 0.6 is 23.2 Å². The number of anilines is 1. The fourth-order valence-electron chi connectivity index (χ4n) is 2.15.